The maximum Gasteiger partial charge on any atom is 0.239 e. The van der Waals surface area contributed by atoms with Gasteiger partial charge in [0.05, 0.1) is 4.88 Å². The minimum atomic E-state index is -0.0487. The van der Waals surface area contributed by atoms with Crippen molar-refractivity contribution in [3.63, 3.8) is 0 Å². The van der Waals surface area contributed by atoms with Gasteiger partial charge in [0, 0.05) is 6.54 Å². The first-order valence-corrected chi connectivity index (χ1v) is 5.58. The zero-order chi connectivity index (χ0) is 10.8. The van der Waals surface area contributed by atoms with Crippen LogP contribution in [0.2, 0.25) is 0 Å². The number of aryl methyl sites for hydroxylation is 2. The van der Waals surface area contributed by atoms with E-state index in [1.54, 1.807) is 4.68 Å². The Labute approximate surface area is 91.6 Å². The van der Waals surface area contributed by atoms with E-state index in [1.165, 1.54) is 17.7 Å². The van der Waals surface area contributed by atoms with Crippen molar-refractivity contribution in [2.45, 2.75) is 20.4 Å². The molecule has 0 aromatic carbocycles. The van der Waals surface area contributed by atoms with E-state index in [1.807, 2.05) is 25.3 Å². The largest absolute Gasteiger partial charge is 0.284 e. The number of thiophene rings is 1. The zero-order valence-electron chi connectivity index (χ0n) is 8.60. The van der Waals surface area contributed by atoms with Crippen LogP contribution >= 0.6 is 11.3 Å². The van der Waals surface area contributed by atoms with E-state index >= 15 is 0 Å². The Hall–Kier alpha value is -1.49. The molecule has 78 valence electrons. The normalized spacial score (nSPS) is 10.5. The monoisotopic (exact) mass is 221 g/mol. The molecule has 2 rings (SSSR count). The van der Waals surface area contributed by atoms with Gasteiger partial charge in [0.25, 0.3) is 0 Å². The van der Waals surface area contributed by atoms with Gasteiger partial charge in [-0.1, -0.05) is 0 Å². The van der Waals surface area contributed by atoms with Crippen LogP contribution < -0.4 is 0 Å². The maximum atomic E-state index is 12.0. The summed E-state index contributed by atoms with van der Waals surface area (Å²) in [5.41, 5.74) is 1.10. The van der Waals surface area contributed by atoms with E-state index in [4.69, 9.17) is 0 Å². The Morgan fingerprint density at radius 3 is 3.00 bits per heavy atom. The molecule has 0 saturated carbocycles. The van der Waals surface area contributed by atoms with Crippen LogP contribution in [0.5, 0.6) is 0 Å². The van der Waals surface area contributed by atoms with Crippen LogP contribution in [0.15, 0.2) is 17.8 Å². The van der Waals surface area contributed by atoms with E-state index in [-0.39, 0.29) is 5.78 Å². The molecule has 0 radical (unpaired) electrons. The molecule has 2 aromatic heterocycles. The van der Waals surface area contributed by atoms with Crippen LogP contribution in [-0.4, -0.2) is 20.5 Å². The van der Waals surface area contributed by atoms with Crippen molar-refractivity contribution in [2.24, 2.45) is 0 Å². The van der Waals surface area contributed by atoms with Gasteiger partial charge < -0.3 is 0 Å². The van der Waals surface area contributed by atoms with Gasteiger partial charge in [-0.2, -0.15) is 5.10 Å². The molecule has 0 N–H and O–H groups in total. The van der Waals surface area contributed by atoms with Gasteiger partial charge >= 0.3 is 0 Å². The van der Waals surface area contributed by atoms with Gasteiger partial charge in [-0.15, -0.1) is 11.3 Å². The lowest BCUT2D eigenvalue weighted by Crippen LogP contribution is -2.10. The molecule has 2 aromatic rings. The predicted molar refractivity (Wildman–Crippen MR) is 58.2 cm³/mol. The first-order valence-electron chi connectivity index (χ1n) is 4.70. The molecule has 0 aliphatic carbocycles. The number of rotatable bonds is 3. The standard InChI is InChI=1S/C10H11N3OS/c1-3-13-10(11-6-12-13)9(14)8-4-7(2)5-15-8/h4-6H,3H2,1-2H3. The Morgan fingerprint density at radius 1 is 1.60 bits per heavy atom. The predicted octanol–water partition coefficient (Wildman–Crippen LogP) is 1.90. The summed E-state index contributed by atoms with van der Waals surface area (Å²) in [5.74, 6) is 0.367. The average Bonchev–Trinajstić information content (AvgIpc) is 2.84. The van der Waals surface area contributed by atoms with E-state index in [9.17, 15) is 4.79 Å². The SMILES string of the molecule is CCn1ncnc1C(=O)c1cc(C)cs1. The number of carbonyl (C=O) groups excluding carboxylic acids is 1. The average molecular weight is 221 g/mol. The minimum absolute atomic E-state index is 0.0487. The van der Waals surface area contributed by atoms with Crippen molar-refractivity contribution >= 4 is 17.1 Å². The number of carbonyl (C=O) groups is 1. The molecule has 0 bridgehead atoms. The molecular formula is C10H11N3OS. The van der Waals surface area contributed by atoms with Crippen molar-refractivity contribution in [1.82, 2.24) is 14.8 Å². The van der Waals surface area contributed by atoms with E-state index in [2.05, 4.69) is 10.1 Å². The third-order valence-corrected chi connectivity index (χ3v) is 3.12. The minimum Gasteiger partial charge on any atom is -0.284 e. The van der Waals surface area contributed by atoms with Crippen molar-refractivity contribution in [2.75, 3.05) is 0 Å². The molecule has 5 heteroatoms. The van der Waals surface area contributed by atoms with Crippen LogP contribution in [0.25, 0.3) is 0 Å². The second kappa shape index (κ2) is 3.94. The lowest BCUT2D eigenvalue weighted by Gasteiger charge is -1.99. The number of aromatic nitrogens is 3. The van der Waals surface area contributed by atoms with Crippen LogP contribution in [0.1, 0.15) is 28.0 Å². The number of ketones is 1. The Morgan fingerprint density at radius 2 is 2.40 bits per heavy atom. The smallest absolute Gasteiger partial charge is 0.239 e. The highest BCUT2D eigenvalue weighted by Crippen LogP contribution is 2.16. The maximum absolute atomic E-state index is 12.0. The fourth-order valence-corrected chi connectivity index (χ4v) is 2.17. The Kier molecular flexibility index (Phi) is 2.64. The summed E-state index contributed by atoms with van der Waals surface area (Å²) in [5, 5.41) is 5.94. The molecule has 2 heterocycles. The van der Waals surface area contributed by atoms with E-state index < -0.39 is 0 Å². The van der Waals surface area contributed by atoms with Crippen molar-refractivity contribution < 1.29 is 4.79 Å². The Bertz CT molecular complexity index is 486. The van der Waals surface area contributed by atoms with Crippen molar-refractivity contribution in [3.05, 3.63) is 34.0 Å². The summed E-state index contributed by atoms with van der Waals surface area (Å²) in [6, 6.07) is 1.88. The molecule has 0 fully saturated rings. The van der Waals surface area contributed by atoms with Gasteiger partial charge in [0.15, 0.2) is 5.82 Å². The third kappa shape index (κ3) is 1.83. The van der Waals surface area contributed by atoms with Gasteiger partial charge in [0.1, 0.15) is 6.33 Å². The highest BCUT2D eigenvalue weighted by molar-refractivity contribution is 7.12. The fraction of sp³-hybridized carbons (Fsp3) is 0.300. The first kappa shape index (κ1) is 10.0. The molecule has 0 aliphatic heterocycles. The first-order chi connectivity index (χ1) is 7.22. The van der Waals surface area contributed by atoms with Crippen LogP contribution in [-0.2, 0) is 6.54 Å². The summed E-state index contributed by atoms with van der Waals surface area (Å²) in [6.07, 6.45) is 1.41. The lowest BCUT2D eigenvalue weighted by molar-refractivity contribution is 0.102. The highest BCUT2D eigenvalue weighted by atomic mass is 32.1. The van der Waals surface area contributed by atoms with Crippen molar-refractivity contribution in [3.8, 4) is 0 Å². The fourth-order valence-electron chi connectivity index (χ4n) is 1.33. The number of hydrogen-bond donors (Lipinski definition) is 0. The summed E-state index contributed by atoms with van der Waals surface area (Å²) >= 11 is 1.44. The molecule has 0 atom stereocenters. The summed E-state index contributed by atoms with van der Waals surface area (Å²) in [7, 11) is 0. The lowest BCUT2D eigenvalue weighted by atomic mass is 10.2. The second-order valence-corrected chi connectivity index (χ2v) is 4.13. The second-order valence-electron chi connectivity index (χ2n) is 3.22. The van der Waals surface area contributed by atoms with Gasteiger partial charge in [-0.3, -0.25) is 4.79 Å². The zero-order valence-corrected chi connectivity index (χ0v) is 9.41. The van der Waals surface area contributed by atoms with Crippen LogP contribution in [0, 0.1) is 6.92 Å². The molecule has 15 heavy (non-hydrogen) atoms. The quantitative estimate of drug-likeness (QED) is 0.744. The third-order valence-electron chi connectivity index (χ3n) is 2.07. The summed E-state index contributed by atoms with van der Waals surface area (Å²) in [4.78, 5) is 16.7. The molecule has 0 amide bonds. The van der Waals surface area contributed by atoms with Crippen LogP contribution in [0.3, 0.4) is 0 Å². The molecule has 0 unspecified atom stereocenters. The van der Waals surface area contributed by atoms with Gasteiger partial charge in [-0.25, -0.2) is 9.67 Å². The molecule has 0 spiro atoms. The number of hydrogen-bond acceptors (Lipinski definition) is 4. The highest BCUT2D eigenvalue weighted by Gasteiger charge is 2.16. The Balaban J connectivity index is 2.36. The van der Waals surface area contributed by atoms with Gasteiger partial charge in [-0.05, 0) is 30.9 Å². The van der Waals surface area contributed by atoms with E-state index in [0.29, 0.717) is 12.4 Å². The summed E-state index contributed by atoms with van der Waals surface area (Å²) in [6.45, 7) is 4.56. The topological polar surface area (TPSA) is 47.8 Å². The summed E-state index contributed by atoms with van der Waals surface area (Å²) < 4.78 is 1.61. The van der Waals surface area contributed by atoms with Crippen LogP contribution in [0.4, 0.5) is 0 Å². The number of nitrogens with zero attached hydrogens (tertiary/aromatic N) is 3. The molecule has 0 saturated heterocycles. The molecule has 0 aliphatic rings. The van der Waals surface area contributed by atoms with Crippen molar-refractivity contribution in [1.29, 1.82) is 0 Å². The molecule has 4 nitrogen and oxygen atoms in total. The van der Waals surface area contributed by atoms with Gasteiger partial charge in [0.2, 0.25) is 5.78 Å². The molecular weight excluding hydrogens is 210 g/mol. The van der Waals surface area contributed by atoms with E-state index in [0.717, 1.165) is 10.4 Å².